The number of fused-ring (bicyclic) bond motifs is 3. The molecule has 5 rings (SSSR count). The number of benzene rings is 1. The summed E-state index contributed by atoms with van der Waals surface area (Å²) in [6, 6.07) is 4.88. The van der Waals surface area contributed by atoms with Crippen LogP contribution in [-0.2, 0) is 11.3 Å². The molecule has 4 aliphatic rings. The zero-order chi connectivity index (χ0) is 18.5. The minimum Gasteiger partial charge on any atom is -0.396 e. The molecular weight excluding hydrogens is 346 g/mol. The second-order valence-corrected chi connectivity index (χ2v) is 6.72. The van der Waals surface area contributed by atoms with E-state index >= 15 is 0 Å². The molecule has 27 heavy (non-hydrogen) atoms. The van der Waals surface area contributed by atoms with Crippen molar-refractivity contribution in [3.05, 3.63) is 35.8 Å². The molecule has 0 spiro atoms. The Hall–Kier alpha value is -2.94. The van der Waals surface area contributed by atoms with Crippen LogP contribution < -0.4 is 22.1 Å². The molecule has 0 bridgehead atoms. The van der Waals surface area contributed by atoms with Crippen molar-refractivity contribution in [2.24, 2.45) is 4.99 Å². The lowest BCUT2D eigenvalue weighted by Crippen LogP contribution is -2.34. The lowest BCUT2D eigenvalue weighted by Gasteiger charge is -2.21. The Morgan fingerprint density at radius 1 is 1.30 bits per heavy atom. The average Bonchev–Trinajstić information content (AvgIpc) is 3.11. The quantitative estimate of drug-likeness (QED) is 0.505. The zero-order valence-corrected chi connectivity index (χ0v) is 14.4. The van der Waals surface area contributed by atoms with Gasteiger partial charge in [-0.1, -0.05) is 5.46 Å². The van der Waals surface area contributed by atoms with Crippen LogP contribution in [-0.4, -0.2) is 48.2 Å². The van der Waals surface area contributed by atoms with Gasteiger partial charge in [0.2, 0.25) is 5.62 Å². The Kier molecular flexibility index (Phi) is 3.65. The summed E-state index contributed by atoms with van der Waals surface area (Å²) in [7, 11) is 6.07. The number of nitrogens with one attached hydrogen (secondary N) is 1. The first-order valence-electron chi connectivity index (χ1n) is 8.71. The summed E-state index contributed by atoms with van der Waals surface area (Å²) in [5.41, 5.74) is 8.97. The van der Waals surface area contributed by atoms with Crippen molar-refractivity contribution in [2.45, 2.75) is 12.6 Å². The van der Waals surface area contributed by atoms with Crippen LogP contribution in [0.3, 0.4) is 0 Å². The summed E-state index contributed by atoms with van der Waals surface area (Å²) in [6.45, 7) is 2.73. The summed E-state index contributed by atoms with van der Waals surface area (Å²) >= 11 is 0. The van der Waals surface area contributed by atoms with Crippen LogP contribution in [0.5, 0.6) is 0 Å². The van der Waals surface area contributed by atoms with E-state index in [0.717, 1.165) is 35.9 Å². The molecule has 0 aromatic heterocycles. The molecule has 4 aliphatic heterocycles. The summed E-state index contributed by atoms with van der Waals surface area (Å²) in [4.78, 5) is 13.5. The number of halogens is 1. The van der Waals surface area contributed by atoms with Crippen molar-refractivity contribution >= 4 is 24.8 Å². The molecule has 1 aromatic carbocycles. The molecule has 2 radical (unpaired) electrons. The van der Waals surface area contributed by atoms with Crippen molar-refractivity contribution in [2.75, 3.05) is 30.8 Å². The van der Waals surface area contributed by atoms with Crippen molar-refractivity contribution in [1.29, 1.82) is 0 Å². The van der Waals surface area contributed by atoms with E-state index in [4.69, 9.17) is 18.3 Å². The molecule has 0 aliphatic carbocycles. The van der Waals surface area contributed by atoms with Crippen LogP contribution in [0.4, 0.5) is 15.9 Å². The lowest BCUT2D eigenvalue weighted by molar-refractivity contribution is 0.0112. The van der Waals surface area contributed by atoms with Gasteiger partial charge in [0.25, 0.3) is 0 Å². The molecule has 9 heteroatoms. The number of nitrogens with zero attached hydrogens (tertiary/aromatic N) is 4. The maximum Gasteiger partial charge on any atom is 0.247 e. The molecule has 0 atom stereocenters. The number of nitrogens with two attached hydrogens (primary N) is 1. The highest BCUT2D eigenvalue weighted by atomic mass is 19.1. The van der Waals surface area contributed by atoms with E-state index in [1.54, 1.807) is 12.3 Å². The minimum absolute atomic E-state index is 0.0594. The molecule has 1 fully saturated rings. The van der Waals surface area contributed by atoms with E-state index in [-0.39, 0.29) is 11.7 Å². The maximum atomic E-state index is 13.7. The molecular formula is C18H16BFN6O. The normalized spacial score (nSPS) is 17.0. The first kappa shape index (κ1) is 16.3. The van der Waals surface area contributed by atoms with Crippen LogP contribution in [0.25, 0.3) is 22.5 Å². The number of hydrogen-bond acceptors (Lipinski definition) is 6. The summed E-state index contributed by atoms with van der Waals surface area (Å²) in [6.07, 6.45) is 1.75. The van der Waals surface area contributed by atoms with Crippen molar-refractivity contribution in [3.63, 3.8) is 0 Å². The molecule has 7 nitrogen and oxygen atoms in total. The van der Waals surface area contributed by atoms with Crippen LogP contribution in [0.1, 0.15) is 0 Å². The first-order valence-corrected chi connectivity index (χ1v) is 8.71. The highest BCUT2D eigenvalue weighted by Gasteiger charge is 2.23. The molecule has 1 saturated heterocycles. The first-order chi connectivity index (χ1) is 13.1. The van der Waals surface area contributed by atoms with E-state index in [2.05, 4.69) is 24.8 Å². The zero-order valence-electron chi connectivity index (χ0n) is 14.4. The minimum atomic E-state index is -0.524. The molecule has 0 amide bonds. The van der Waals surface area contributed by atoms with Gasteiger partial charge in [0.1, 0.15) is 31.3 Å². The van der Waals surface area contributed by atoms with Gasteiger partial charge < -0.3 is 20.4 Å². The summed E-state index contributed by atoms with van der Waals surface area (Å²) < 4.78 is 20.9. The fourth-order valence-electron chi connectivity index (χ4n) is 3.43. The SMILES string of the molecule is [B]c1cc(F)c(N)cc1-c1cc2cnc(=NC3COC3)nc-2n2c1NCC2. The van der Waals surface area contributed by atoms with Crippen LogP contribution >= 0.6 is 0 Å². The van der Waals surface area contributed by atoms with E-state index in [1.807, 2.05) is 6.07 Å². The number of anilines is 2. The molecule has 4 heterocycles. The number of rotatable bonds is 2. The maximum absolute atomic E-state index is 13.7. The summed E-state index contributed by atoms with van der Waals surface area (Å²) in [5, 5.41) is 3.37. The number of pyridine rings is 1. The Morgan fingerprint density at radius 2 is 2.15 bits per heavy atom. The van der Waals surface area contributed by atoms with E-state index in [0.29, 0.717) is 29.9 Å². The standard InChI is InChI=1S/C18H16BFN6O/c19-13-5-14(20)15(21)4-11(13)12-3-9-6-23-18(24-10-7-27-8-10)25-16(9)26-2-1-22-17(12)26/h3-6,10,22H,1-2,7-8,21H2. The van der Waals surface area contributed by atoms with E-state index < -0.39 is 5.82 Å². The van der Waals surface area contributed by atoms with Gasteiger partial charge in [-0.25, -0.2) is 14.4 Å². The third-order valence-corrected chi connectivity index (χ3v) is 4.87. The molecule has 0 saturated carbocycles. The van der Waals surface area contributed by atoms with Crippen LogP contribution in [0.15, 0.2) is 29.4 Å². The van der Waals surface area contributed by atoms with Gasteiger partial charge in [-0.2, -0.15) is 4.98 Å². The number of hydrogen-bond donors (Lipinski definition) is 2. The van der Waals surface area contributed by atoms with Gasteiger partial charge >= 0.3 is 0 Å². The highest BCUT2D eigenvalue weighted by Crippen LogP contribution is 2.36. The summed E-state index contributed by atoms with van der Waals surface area (Å²) in [5.74, 6) is 1.14. The molecule has 1 aromatic rings. The number of aromatic nitrogens is 3. The third-order valence-electron chi connectivity index (χ3n) is 4.87. The Balaban J connectivity index is 1.72. The fraction of sp³-hybridized carbons (Fsp3) is 0.278. The molecule has 0 unspecified atom stereocenters. The van der Waals surface area contributed by atoms with E-state index in [1.165, 1.54) is 6.07 Å². The second kappa shape index (κ2) is 6.05. The number of nitrogen functional groups attached to an aromatic ring is 1. The smallest absolute Gasteiger partial charge is 0.247 e. The van der Waals surface area contributed by atoms with Gasteiger partial charge in [0.05, 0.1) is 18.9 Å². The largest absolute Gasteiger partial charge is 0.396 e. The molecule has 134 valence electrons. The van der Waals surface area contributed by atoms with Gasteiger partial charge in [0, 0.05) is 30.4 Å². The average molecular weight is 362 g/mol. The highest BCUT2D eigenvalue weighted by molar-refractivity contribution is 6.36. The van der Waals surface area contributed by atoms with Gasteiger partial charge in [-0.05, 0) is 23.8 Å². The third kappa shape index (κ3) is 2.66. The fourth-order valence-corrected chi connectivity index (χ4v) is 3.43. The van der Waals surface area contributed by atoms with Gasteiger partial charge in [-0.3, -0.25) is 0 Å². The van der Waals surface area contributed by atoms with Crippen LogP contribution in [0, 0.1) is 5.82 Å². The Morgan fingerprint density at radius 3 is 2.93 bits per heavy atom. The second-order valence-electron chi connectivity index (χ2n) is 6.72. The predicted molar refractivity (Wildman–Crippen MR) is 100 cm³/mol. The molecule has 3 N–H and O–H groups in total. The van der Waals surface area contributed by atoms with Crippen molar-refractivity contribution in [3.8, 4) is 22.5 Å². The van der Waals surface area contributed by atoms with Crippen LogP contribution in [0.2, 0.25) is 0 Å². The van der Waals surface area contributed by atoms with Gasteiger partial charge in [0.15, 0.2) is 0 Å². The van der Waals surface area contributed by atoms with Crippen molar-refractivity contribution < 1.29 is 9.13 Å². The lowest BCUT2D eigenvalue weighted by atomic mass is 9.86. The predicted octanol–water partition coefficient (Wildman–Crippen LogP) is 0.290. The Labute approximate surface area is 155 Å². The topological polar surface area (TPSA) is 90.3 Å². The van der Waals surface area contributed by atoms with Gasteiger partial charge in [-0.15, -0.1) is 0 Å². The number of ether oxygens (including phenoxy) is 1. The monoisotopic (exact) mass is 362 g/mol. The van der Waals surface area contributed by atoms with E-state index in [9.17, 15) is 4.39 Å². The van der Waals surface area contributed by atoms with Crippen molar-refractivity contribution in [1.82, 2.24) is 14.5 Å². The Bertz CT molecular complexity index is 1090.